The van der Waals surface area contributed by atoms with E-state index in [-0.39, 0.29) is 6.54 Å². The highest BCUT2D eigenvalue weighted by molar-refractivity contribution is 5.93. The molecule has 0 aliphatic carbocycles. The highest BCUT2D eigenvalue weighted by Gasteiger charge is 2.34. The second-order valence-corrected chi connectivity index (χ2v) is 4.68. The molecule has 0 aromatic carbocycles. The van der Waals surface area contributed by atoms with Crippen LogP contribution in [0.2, 0.25) is 0 Å². The summed E-state index contributed by atoms with van der Waals surface area (Å²) in [7, 11) is 1.58. The summed E-state index contributed by atoms with van der Waals surface area (Å²) in [4.78, 5) is 16.9. The first-order chi connectivity index (χ1) is 10.3. The van der Waals surface area contributed by atoms with Gasteiger partial charge in [-0.3, -0.25) is 19.4 Å². The molecule has 0 radical (unpaired) electrons. The third-order valence-electron chi connectivity index (χ3n) is 3.06. The van der Waals surface area contributed by atoms with Crippen LogP contribution in [-0.4, -0.2) is 33.4 Å². The summed E-state index contributed by atoms with van der Waals surface area (Å²) in [5.41, 5.74) is 1.27. The van der Waals surface area contributed by atoms with Gasteiger partial charge in [-0.1, -0.05) is 0 Å². The van der Waals surface area contributed by atoms with E-state index in [1.165, 1.54) is 4.68 Å². The van der Waals surface area contributed by atoms with E-state index in [0.29, 0.717) is 11.5 Å². The Morgan fingerprint density at radius 1 is 1.41 bits per heavy atom. The molecule has 0 saturated carbocycles. The van der Waals surface area contributed by atoms with Crippen LogP contribution >= 0.6 is 0 Å². The van der Waals surface area contributed by atoms with Crippen molar-refractivity contribution in [3.63, 3.8) is 0 Å². The van der Waals surface area contributed by atoms with Crippen LogP contribution in [0, 0.1) is 0 Å². The number of pyridine rings is 1. The third-order valence-corrected chi connectivity index (χ3v) is 3.06. The van der Waals surface area contributed by atoms with Gasteiger partial charge in [-0.25, -0.2) is 0 Å². The number of carbonyl (C=O) groups excluding carboxylic acids is 1. The molecule has 2 aromatic heterocycles. The Labute approximate surface area is 125 Å². The number of rotatable bonds is 4. The summed E-state index contributed by atoms with van der Waals surface area (Å²) in [6, 6.07) is 5.10. The van der Waals surface area contributed by atoms with Gasteiger partial charge >= 0.3 is 6.18 Å². The van der Waals surface area contributed by atoms with Gasteiger partial charge in [-0.2, -0.15) is 18.3 Å². The summed E-state index contributed by atoms with van der Waals surface area (Å²) in [6.45, 7) is 1.74. The van der Waals surface area contributed by atoms with Crippen molar-refractivity contribution in [2.75, 3.05) is 11.4 Å². The number of amides is 1. The third kappa shape index (κ3) is 3.63. The molecule has 2 rings (SSSR count). The maximum absolute atomic E-state index is 12.4. The van der Waals surface area contributed by atoms with Gasteiger partial charge in [0.2, 0.25) is 5.91 Å². The minimum Gasteiger partial charge on any atom is -0.297 e. The fourth-order valence-electron chi connectivity index (χ4n) is 2.10. The number of hydrogen-bond acceptors (Lipinski definition) is 3. The van der Waals surface area contributed by atoms with Gasteiger partial charge < -0.3 is 0 Å². The first kappa shape index (κ1) is 16.0. The van der Waals surface area contributed by atoms with E-state index in [1.54, 1.807) is 44.6 Å². The maximum Gasteiger partial charge on any atom is 0.397 e. The molecule has 0 atom stereocenters. The second-order valence-electron chi connectivity index (χ2n) is 4.68. The zero-order chi connectivity index (χ0) is 16.3. The first-order valence-electron chi connectivity index (χ1n) is 6.63. The van der Waals surface area contributed by atoms with Crippen molar-refractivity contribution in [1.29, 1.82) is 0 Å². The molecule has 22 heavy (non-hydrogen) atoms. The molecule has 0 fully saturated rings. The zero-order valence-corrected chi connectivity index (χ0v) is 12.1. The lowest BCUT2D eigenvalue weighted by Crippen LogP contribution is -2.35. The van der Waals surface area contributed by atoms with Crippen LogP contribution in [0.15, 0.2) is 30.6 Å². The molecule has 0 bridgehead atoms. The van der Waals surface area contributed by atoms with Gasteiger partial charge in [0.05, 0.1) is 5.69 Å². The van der Waals surface area contributed by atoms with Gasteiger partial charge in [0.15, 0.2) is 0 Å². The number of alkyl halides is 3. The highest BCUT2D eigenvalue weighted by Crippen LogP contribution is 2.26. The van der Waals surface area contributed by atoms with Crippen molar-refractivity contribution < 1.29 is 18.0 Å². The van der Waals surface area contributed by atoms with Gasteiger partial charge in [0.25, 0.3) is 0 Å². The Morgan fingerprint density at radius 3 is 2.68 bits per heavy atom. The van der Waals surface area contributed by atoms with Gasteiger partial charge in [-0.15, -0.1) is 0 Å². The Balaban J connectivity index is 2.31. The summed E-state index contributed by atoms with van der Waals surface area (Å²) < 4.78 is 38.6. The fraction of sp³-hybridized carbons (Fsp3) is 0.357. The van der Waals surface area contributed by atoms with E-state index in [1.807, 2.05) is 0 Å². The van der Waals surface area contributed by atoms with E-state index < -0.39 is 18.5 Å². The minimum atomic E-state index is -4.53. The normalized spacial score (nSPS) is 11.5. The Hall–Kier alpha value is -2.38. The molecule has 1 amide bonds. The fourth-order valence-corrected chi connectivity index (χ4v) is 2.10. The molecular weight excluding hydrogens is 297 g/mol. The Kier molecular flexibility index (Phi) is 4.48. The van der Waals surface area contributed by atoms with Crippen molar-refractivity contribution in [2.45, 2.75) is 19.5 Å². The summed E-state index contributed by atoms with van der Waals surface area (Å²) in [6.07, 6.45) is -2.82. The van der Waals surface area contributed by atoms with Crippen LogP contribution < -0.4 is 4.90 Å². The van der Waals surface area contributed by atoms with Gasteiger partial charge in [0.1, 0.15) is 12.2 Å². The largest absolute Gasteiger partial charge is 0.397 e. The molecule has 0 unspecified atom stereocenters. The number of aromatic nitrogens is 3. The number of halogens is 3. The molecule has 0 spiro atoms. The second kappa shape index (κ2) is 6.17. The summed E-state index contributed by atoms with van der Waals surface area (Å²) >= 11 is 0. The standard InChI is InChI=1S/C14H15F3N4O/c1-3-21(13(22)8-14(15,16)17)12-7-11(19-20(12)2)10-5-4-6-18-9-10/h4-7,9H,3,8H2,1-2H3. The van der Waals surface area contributed by atoms with Gasteiger partial charge in [-0.05, 0) is 19.1 Å². The number of carbonyl (C=O) groups is 1. The predicted molar refractivity (Wildman–Crippen MR) is 75.1 cm³/mol. The quantitative estimate of drug-likeness (QED) is 0.872. The molecule has 0 N–H and O–H groups in total. The van der Waals surface area contributed by atoms with Crippen molar-refractivity contribution >= 4 is 11.7 Å². The molecule has 8 heteroatoms. The van der Waals surface area contributed by atoms with Crippen molar-refractivity contribution in [1.82, 2.24) is 14.8 Å². The summed E-state index contributed by atoms with van der Waals surface area (Å²) in [5.74, 6) is -0.689. The molecule has 0 aliphatic heterocycles. The number of hydrogen-bond donors (Lipinski definition) is 0. The molecule has 118 valence electrons. The number of nitrogens with zero attached hydrogens (tertiary/aromatic N) is 4. The van der Waals surface area contributed by atoms with Crippen LogP contribution in [-0.2, 0) is 11.8 Å². The average molecular weight is 312 g/mol. The molecule has 0 saturated heterocycles. The Morgan fingerprint density at radius 2 is 2.14 bits per heavy atom. The lowest BCUT2D eigenvalue weighted by atomic mass is 10.2. The first-order valence-corrected chi connectivity index (χ1v) is 6.63. The Bertz CT molecular complexity index is 652. The smallest absolute Gasteiger partial charge is 0.297 e. The van der Waals surface area contributed by atoms with Crippen molar-refractivity contribution in [3.05, 3.63) is 30.6 Å². The van der Waals surface area contributed by atoms with Crippen LogP contribution in [0.5, 0.6) is 0 Å². The van der Waals surface area contributed by atoms with E-state index in [4.69, 9.17) is 0 Å². The maximum atomic E-state index is 12.4. The zero-order valence-electron chi connectivity index (χ0n) is 12.1. The van der Waals surface area contributed by atoms with E-state index in [2.05, 4.69) is 10.1 Å². The SMILES string of the molecule is CCN(C(=O)CC(F)(F)F)c1cc(-c2cccnc2)nn1C. The summed E-state index contributed by atoms with van der Waals surface area (Å²) in [5, 5.41) is 4.23. The molecule has 2 aromatic rings. The van der Waals surface area contributed by atoms with Crippen LogP contribution in [0.4, 0.5) is 19.0 Å². The van der Waals surface area contributed by atoms with E-state index in [0.717, 1.165) is 10.5 Å². The molecule has 0 aliphatic rings. The van der Waals surface area contributed by atoms with Crippen LogP contribution in [0.1, 0.15) is 13.3 Å². The monoisotopic (exact) mass is 312 g/mol. The van der Waals surface area contributed by atoms with Crippen LogP contribution in [0.25, 0.3) is 11.3 Å². The molecule has 2 heterocycles. The predicted octanol–water partition coefficient (Wildman–Crippen LogP) is 2.79. The lowest BCUT2D eigenvalue weighted by molar-refractivity contribution is -0.151. The topological polar surface area (TPSA) is 51.0 Å². The van der Waals surface area contributed by atoms with Gasteiger partial charge in [0, 0.05) is 37.6 Å². The molecule has 5 nitrogen and oxygen atoms in total. The average Bonchev–Trinajstić information content (AvgIpc) is 2.81. The van der Waals surface area contributed by atoms with Crippen molar-refractivity contribution in [3.8, 4) is 11.3 Å². The van der Waals surface area contributed by atoms with Crippen molar-refractivity contribution in [2.24, 2.45) is 7.05 Å². The van der Waals surface area contributed by atoms with E-state index >= 15 is 0 Å². The number of aryl methyl sites for hydroxylation is 1. The molecular formula is C14H15F3N4O. The number of anilines is 1. The van der Waals surface area contributed by atoms with Crippen LogP contribution in [0.3, 0.4) is 0 Å². The minimum absolute atomic E-state index is 0.126. The highest BCUT2D eigenvalue weighted by atomic mass is 19.4. The lowest BCUT2D eigenvalue weighted by Gasteiger charge is -2.21. The van der Waals surface area contributed by atoms with E-state index in [9.17, 15) is 18.0 Å².